The Bertz CT molecular complexity index is 449. The Kier molecular flexibility index (Phi) is 5.88. The fourth-order valence-electron chi connectivity index (χ4n) is 1.21. The first-order chi connectivity index (χ1) is 8.65. The molecule has 1 aromatic rings. The molecule has 3 nitrogen and oxygen atoms in total. The van der Waals surface area contributed by atoms with Gasteiger partial charge in [0.25, 0.3) is 0 Å². The van der Waals surface area contributed by atoms with Gasteiger partial charge in [0.05, 0.1) is 7.11 Å². The average molecular weight is 266 g/mol. The van der Waals surface area contributed by atoms with Crippen LogP contribution in [0.15, 0.2) is 60.0 Å². The molecular formula is C14H16ClNO2. The smallest absolute Gasteiger partial charge is 0.135 e. The molecule has 0 unspecified atom stereocenters. The van der Waals surface area contributed by atoms with E-state index in [2.05, 4.69) is 6.58 Å². The molecule has 0 heterocycles. The summed E-state index contributed by atoms with van der Waals surface area (Å²) in [6.45, 7) is 3.96. The molecule has 0 fully saturated rings. The maximum Gasteiger partial charge on any atom is 0.135 e. The van der Waals surface area contributed by atoms with Gasteiger partial charge in [0.2, 0.25) is 0 Å². The van der Waals surface area contributed by atoms with Crippen LogP contribution < -0.4 is 10.5 Å². The Morgan fingerprint density at radius 1 is 1.33 bits per heavy atom. The summed E-state index contributed by atoms with van der Waals surface area (Å²) in [4.78, 5) is 0. The van der Waals surface area contributed by atoms with Crippen LogP contribution >= 0.6 is 11.6 Å². The third-order valence-corrected chi connectivity index (χ3v) is 2.28. The minimum absolute atomic E-state index is 0.419. The highest BCUT2D eigenvalue weighted by Gasteiger charge is 1.97. The van der Waals surface area contributed by atoms with Crippen molar-refractivity contribution in [3.8, 4) is 5.75 Å². The fraction of sp³-hybridized carbons (Fsp3) is 0.143. The lowest BCUT2D eigenvalue weighted by molar-refractivity contribution is 0.210. The summed E-state index contributed by atoms with van der Waals surface area (Å²) >= 11 is 5.61. The maximum absolute atomic E-state index is 5.61. The first-order valence-corrected chi connectivity index (χ1v) is 5.73. The van der Waals surface area contributed by atoms with Crippen molar-refractivity contribution in [2.24, 2.45) is 5.73 Å². The van der Waals surface area contributed by atoms with Crippen LogP contribution in [-0.2, 0) is 11.3 Å². The van der Waals surface area contributed by atoms with Crippen LogP contribution in [0.1, 0.15) is 5.56 Å². The van der Waals surface area contributed by atoms with Crippen molar-refractivity contribution in [2.75, 3.05) is 7.11 Å². The zero-order valence-electron chi connectivity index (χ0n) is 10.2. The quantitative estimate of drug-likeness (QED) is 0.634. The molecule has 96 valence electrons. The molecule has 0 atom stereocenters. The van der Waals surface area contributed by atoms with E-state index in [4.69, 9.17) is 26.8 Å². The standard InChI is InChI=1S/C14H16ClNO2/c1-11(15)3-6-14(9-16)18-10-12-4-7-13(17-2)8-5-12/h3-9H,1,10,16H2,2H3/b6-3-,14-9+. The zero-order valence-corrected chi connectivity index (χ0v) is 11.0. The van der Waals surface area contributed by atoms with Gasteiger partial charge in [0.15, 0.2) is 0 Å². The van der Waals surface area contributed by atoms with Crippen LogP contribution in [0.5, 0.6) is 5.75 Å². The molecule has 0 saturated heterocycles. The lowest BCUT2D eigenvalue weighted by Crippen LogP contribution is -1.95. The Morgan fingerprint density at radius 2 is 2.00 bits per heavy atom. The number of nitrogens with two attached hydrogens (primary N) is 1. The second-order valence-corrected chi connectivity index (χ2v) is 3.97. The van der Waals surface area contributed by atoms with Gasteiger partial charge in [-0.1, -0.05) is 30.3 Å². The topological polar surface area (TPSA) is 44.5 Å². The first kappa shape index (κ1) is 14.2. The molecule has 0 amide bonds. The van der Waals surface area contributed by atoms with Gasteiger partial charge in [-0.05, 0) is 29.8 Å². The largest absolute Gasteiger partial charge is 0.497 e. The molecule has 0 spiro atoms. The van der Waals surface area contributed by atoms with Crippen molar-refractivity contribution in [2.45, 2.75) is 6.61 Å². The van der Waals surface area contributed by atoms with E-state index >= 15 is 0 Å². The van der Waals surface area contributed by atoms with Gasteiger partial charge in [-0.3, -0.25) is 0 Å². The van der Waals surface area contributed by atoms with Crippen LogP contribution in [0.2, 0.25) is 0 Å². The minimum atomic E-state index is 0.419. The van der Waals surface area contributed by atoms with Crippen molar-refractivity contribution < 1.29 is 9.47 Å². The van der Waals surface area contributed by atoms with E-state index in [1.54, 1.807) is 19.3 Å². The third-order valence-electron chi connectivity index (χ3n) is 2.16. The number of benzene rings is 1. The Hall–Kier alpha value is -1.87. The second-order valence-electron chi connectivity index (χ2n) is 3.49. The molecule has 0 radical (unpaired) electrons. The number of hydrogen-bond donors (Lipinski definition) is 1. The predicted octanol–water partition coefficient (Wildman–Crippen LogP) is 3.32. The lowest BCUT2D eigenvalue weighted by atomic mass is 10.2. The first-order valence-electron chi connectivity index (χ1n) is 5.36. The number of allylic oxidation sites excluding steroid dienone is 3. The molecule has 0 aliphatic rings. The number of hydrogen-bond acceptors (Lipinski definition) is 3. The van der Waals surface area contributed by atoms with E-state index in [9.17, 15) is 0 Å². The van der Waals surface area contributed by atoms with Crippen LogP contribution in [0, 0.1) is 0 Å². The number of rotatable bonds is 6. The van der Waals surface area contributed by atoms with Crippen molar-refractivity contribution in [3.05, 3.63) is 65.6 Å². The second kappa shape index (κ2) is 7.45. The van der Waals surface area contributed by atoms with Crippen LogP contribution in [0.3, 0.4) is 0 Å². The summed E-state index contributed by atoms with van der Waals surface area (Å²) in [5.41, 5.74) is 6.46. The SMILES string of the molecule is C=C(Cl)/C=C\C(=C/N)OCc1ccc(OC)cc1. The van der Waals surface area contributed by atoms with Crippen molar-refractivity contribution in [1.29, 1.82) is 0 Å². The maximum atomic E-state index is 5.61. The fourth-order valence-corrected chi connectivity index (χ4v) is 1.28. The minimum Gasteiger partial charge on any atom is -0.497 e. The van der Waals surface area contributed by atoms with E-state index in [-0.39, 0.29) is 0 Å². The Balaban J connectivity index is 2.54. The molecule has 18 heavy (non-hydrogen) atoms. The molecule has 1 aromatic carbocycles. The predicted molar refractivity (Wildman–Crippen MR) is 74.2 cm³/mol. The van der Waals surface area contributed by atoms with Crippen molar-refractivity contribution in [3.63, 3.8) is 0 Å². The van der Waals surface area contributed by atoms with E-state index in [1.807, 2.05) is 24.3 Å². The van der Waals surface area contributed by atoms with Gasteiger partial charge >= 0.3 is 0 Å². The van der Waals surface area contributed by atoms with Crippen molar-refractivity contribution >= 4 is 11.6 Å². The van der Waals surface area contributed by atoms with E-state index in [0.717, 1.165) is 11.3 Å². The normalized spacial score (nSPS) is 11.6. The molecule has 0 aliphatic heterocycles. The lowest BCUT2D eigenvalue weighted by Gasteiger charge is -2.07. The van der Waals surface area contributed by atoms with Gasteiger partial charge in [-0.2, -0.15) is 0 Å². The summed E-state index contributed by atoms with van der Waals surface area (Å²) in [5.74, 6) is 1.35. The third kappa shape index (κ3) is 4.97. The summed E-state index contributed by atoms with van der Waals surface area (Å²) < 4.78 is 10.6. The summed E-state index contributed by atoms with van der Waals surface area (Å²) in [6.07, 6.45) is 4.66. The highest BCUT2D eigenvalue weighted by atomic mass is 35.5. The summed E-state index contributed by atoms with van der Waals surface area (Å²) in [6, 6.07) is 7.61. The van der Waals surface area contributed by atoms with Crippen LogP contribution in [0.4, 0.5) is 0 Å². The molecule has 4 heteroatoms. The molecule has 1 rings (SSSR count). The van der Waals surface area contributed by atoms with Gasteiger partial charge in [0, 0.05) is 11.2 Å². The summed E-state index contributed by atoms with van der Waals surface area (Å²) in [5, 5.41) is 0.419. The zero-order chi connectivity index (χ0) is 13.4. The van der Waals surface area contributed by atoms with Gasteiger partial charge in [0.1, 0.15) is 18.1 Å². The Morgan fingerprint density at radius 3 is 2.50 bits per heavy atom. The van der Waals surface area contributed by atoms with E-state index in [0.29, 0.717) is 17.4 Å². The van der Waals surface area contributed by atoms with Gasteiger partial charge in [-0.25, -0.2) is 0 Å². The highest BCUT2D eigenvalue weighted by Crippen LogP contribution is 2.13. The number of ether oxygens (including phenoxy) is 2. The molecule has 2 N–H and O–H groups in total. The average Bonchev–Trinajstić information content (AvgIpc) is 2.39. The number of methoxy groups -OCH3 is 1. The molecule has 0 aromatic heterocycles. The Labute approximate surface area is 112 Å². The molecule has 0 saturated carbocycles. The molecular weight excluding hydrogens is 250 g/mol. The molecule has 0 bridgehead atoms. The van der Waals surface area contributed by atoms with Crippen LogP contribution in [-0.4, -0.2) is 7.11 Å². The van der Waals surface area contributed by atoms with Crippen LogP contribution in [0.25, 0.3) is 0 Å². The molecule has 0 aliphatic carbocycles. The van der Waals surface area contributed by atoms with Crippen molar-refractivity contribution in [1.82, 2.24) is 0 Å². The number of halogens is 1. The van der Waals surface area contributed by atoms with E-state index in [1.165, 1.54) is 6.20 Å². The monoisotopic (exact) mass is 265 g/mol. The van der Waals surface area contributed by atoms with Gasteiger partial charge < -0.3 is 15.2 Å². The summed E-state index contributed by atoms with van der Waals surface area (Å²) in [7, 11) is 1.63. The van der Waals surface area contributed by atoms with Gasteiger partial charge in [-0.15, -0.1) is 0 Å². The highest BCUT2D eigenvalue weighted by molar-refractivity contribution is 6.30. The van der Waals surface area contributed by atoms with E-state index < -0.39 is 0 Å².